The number of pyridine rings is 1. The summed E-state index contributed by atoms with van der Waals surface area (Å²) in [7, 11) is 0. The molecule has 2 aliphatic heterocycles. The summed E-state index contributed by atoms with van der Waals surface area (Å²) in [6.45, 7) is 3.77. The van der Waals surface area contributed by atoms with Crippen LogP contribution in [0.1, 0.15) is 44.9 Å². The van der Waals surface area contributed by atoms with Crippen LogP contribution in [0.4, 0.5) is 5.69 Å². The van der Waals surface area contributed by atoms with E-state index in [1.54, 1.807) is 0 Å². The van der Waals surface area contributed by atoms with Gasteiger partial charge >= 0.3 is 0 Å². The number of fused-ring (bicyclic) bond motifs is 2. The summed E-state index contributed by atoms with van der Waals surface area (Å²) in [5.41, 5.74) is 2.39. The molecular weight excluding hydrogens is 342 g/mol. The van der Waals surface area contributed by atoms with Crippen LogP contribution in [0.25, 0.3) is 10.9 Å². The fourth-order valence-electron chi connectivity index (χ4n) is 5.80. The predicted molar refractivity (Wildman–Crippen MR) is 109 cm³/mol. The number of hydrogen-bond acceptors (Lipinski definition) is 3. The Balaban J connectivity index is 1.56. The van der Waals surface area contributed by atoms with Gasteiger partial charge in [-0.1, -0.05) is 18.0 Å². The average Bonchev–Trinajstić information content (AvgIpc) is 3.21. The van der Waals surface area contributed by atoms with E-state index < -0.39 is 0 Å². The number of hydrogen-bond donors (Lipinski definition) is 0. The highest BCUT2D eigenvalue weighted by Gasteiger charge is 2.42. The maximum atomic E-state index is 6.22. The molecule has 26 heavy (non-hydrogen) atoms. The van der Waals surface area contributed by atoms with Crippen molar-refractivity contribution in [3.05, 3.63) is 35.5 Å². The minimum absolute atomic E-state index is 0.664. The Morgan fingerprint density at radius 1 is 0.923 bits per heavy atom. The molecule has 3 aliphatic rings. The molecule has 3 unspecified atom stereocenters. The lowest BCUT2D eigenvalue weighted by atomic mass is 9.74. The molecule has 3 heterocycles. The summed E-state index contributed by atoms with van der Waals surface area (Å²) in [5, 5.41) is 2.02. The van der Waals surface area contributed by atoms with E-state index in [1.165, 1.54) is 75.7 Å². The van der Waals surface area contributed by atoms with Crippen molar-refractivity contribution < 1.29 is 0 Å². The average molecular weight is 370 g/mol. The minimum Gasteiger partial charge on any atom is -0.366 e. The first-order chi connectivity index (χ1) is 12.8. The fourth-order valence-corrected chi connectivity index (χ4v) is 5.97. The largest absolute Gasteiger partial charge is 0.366 e. The van der Waals surface area contributed by atoms with E-state index in [0.717, 1.165) is 22.5 Å². The first-order valence-corrected chi connectivity index (χ1v) is 10.7. The van der Waals surface area contributed by atoms with E-state index in [-0.39, 0.29) is 0 Å². The molecule has 0 radical (unpaired) electrons. The van der Waals surface area contributed by atoms with Crippen LogP contribution in [0.3, 0.4) is 0 Å². The zero-order valence-corrected chi connectivity index (χ0v) is 16.2. The van der Waals surface area contributed by atoms with Gasteiger partial charge in [-0.05, 0) is 81.8 Å². The van der Waals surface area contributed by atoms with E-state index in [4.69, 9.17) is 11.6 Å². The lowest BCUT2D eigenvalue weighted by Gasteiger charge is -2.52. The van der Waals surface area contributed by atoms with Gasteiger partial charge in [-0.15, -0.1) is 0 Å². The van der Waals surface area contributed by atoms with Crippen LogP contribution < -0.4 is 4.90 Å². The Morgan fingerprint density at radius 3 is 2.65 bits per heavy atom. The van der Waals surface area contributed by atoms with E-state index in [2.05, 4.69) is 26.9 Å². The van der Waals surface area contributed by atoms with Crippen LogP contribution in [0, 0.1) is 5.92 Å². The highest BCUT2D eigenvalue weighted by molar-refractivity contribution is 6.31. The summed E-state index contributed by atoms with van der Waals surface area (Å²) < 4.78 is 0. The van der Waals surface area contributed by atoms with Gasteiger partial charge in [-0.3, -0.25) is 9.88 Å². The van der Waals surface area contributed by atoms with Crippen molar-refractivity contribution in [2.75, 3.05) is 24.5 Å². The number of nitrogens with zero attached hydrogens (tertiary/aromatic N) is 3. The molecule has 1 aromatic carbocycles. The van der Waals surface area contributed by atoms with E-state index in [0.29, 0.717) is 6.04 Å². The molecule has 1 aliphatic carbocycles. The molecule has 3 fully saturated rings. The quantitative estimate of drug-likeness (QED) is 0.732. The fraction of sp³-hybridized carbons (Fsp3) is 0.591. The molecule has 4 heteroatoms. The van der Waals surface area contributed by atoms with Crippen molar-refractivity contribution in [3.8, 4) is 0 Å². The Labute approximate surface area is 161 Å². The number of piperidine rings is 1. The van der Waals surface area contributed by atoms with Crippen molar-refractivity contribution in [3.63, 3.8) is 0 Å². The van der Waals surface area contributed by atoms with Gasteiger partial charge in [0.05, 0.1) is 5.52 Å². The Kier molecular flexibility index (Phi) is 4.54. The summed E-state index contributed by atoms with van der Waals surface area (Å²) in [4.78, 5) is 10.1. The Hall–Kier alpha value is -1.32. The minimum atomic E-state index is 0.664. The van der Waals surface area contributed by atoms with Crippen LogP contribution in [0.15, 0.2) is 30.5 Å². The van der Waals surface area contributed by atoms with Crippen molar-refractivity contribution >= 4 is 28.2 Å². The molecule has 0 bridgehead atoms. The highest BCUT2D eigenvalue weighted by Crippen LogP contribution is 2.42. The number of halogens is 1. The summed E-state index contributed by atoms with van der Waals surface area (Å²) >= 11 is 6.22. The second kappa shape index (κ2) is 7.01. The number of aromatic nitrogens is 1. The Bertz CT molecular complexity index is 784. The van der Waals surface area contributed by atoms with E-state index in [9.17, 15) is 0 Å². The van der Waals surface area contributed by atoms with Crippen LogP contribution >= 0.6 is 11.6 Å². The van der Waals surface area contributed by atoms with Crippen molar-refractivity contribution in [1.82, 2.24) is 9.88 Å². The normalized spacial score (nSPS) is 29.9. The van der Waals surface area contributed by atoms with Gasteiger partial charge in [0, 0.05) is 40.9 Å². The van der Waals surface area contributed by atoms with Crippen LogP contribution in [-0.4, -0.2) is 41.6 Å². The zero-order valence-electron chi connectivity index (χ0n) is 15.4. The second-order valence-corrected chi connectivity index (χ2v) is 8.76. The van der Waals surface area contributed by atoms with Gasteiger partial charge < -0.3 is 4.90 Å². The van der Waals surface area contributed by atoms with Gasteiger partial charge in [0.2, 0.25) is 0 Å². The van der Waals surface area contributed by atoms with Gasteiger partial charge in [-0.25, -0.2) is 0 Å². The van der Waals surface area contributed by atoms with Crippen molar-refractivity contribution in [2.24, 2.45) is 5.92 Å². The topological polar surface area (TPSA) is 19.4 Å². The Morgan fingerprint density at radius 2 is 1.77 bits per heavy atom. The van der Waals surface area contributed by atoms with Crippen molar-refractivity contribution in [1.29, 1.82) is 0 Å². The first-order valence-electron chi connectivity index (χ1n) is 10.4. The predicted octanol–water partition coefficient (Wildman–Crippen LogP) is 5.12. The molecule has 0 spiro atoms. The maximum Gasteiger partial charge on any atom is 0.0737 e. The zero-order chi connectivity index (χ0) is 17.5. The summed E-state index contributed by atoms with van der Waals surface area (Å²) in [5.74, 6) is 0.846. The van der Waals surface area contributed by atoms with E-state index >= 15 is 0 Å². The van der Waals surface area contributed by atoms with Gasteiger partial charge in [0.1, 0.15) is 0 Å². The lowest BCUT2D eigenvalue weighted by molar-refractivity contribution is 0.107. The third kappa shape index (κ3) is 2.90. The molecular formula is C22H28ClN3. The third-order valence-electron chi connectivity index (χ3n) is 6.89. The van der Waals surface area contributed by atoms with Crippen LogP contribution in [0.5, 0.6) is 0 Å². The molecule has 0 amide bonds. The molecule has 2 saturated heterocycles. The van der Waals surface area contributed by atoms with E-state index in [1.807, 2.05) is 18.3 Å². The number of likely N-dealkylation sites (tertiary alicyclic amines) is 1. The summed E-state index contributed by atoms with van der Waals surface area (Å²) in [6, 6.07) is 9.80. The molecule has 5 rings (SSSR count). The van der Waals surface area contributed by atoms with Crippen LogP contribution in [0.2, 0.25) is 5.02 Å². The van der Waals surface area contributed by atoms with Gasteiger partial charge in [0.25, 0.3) is 0 Å². The molecule has 138 valence electrons. The molecule has 3 nitrogen and oxygen atoms in total. The lowest BCUT2D eigenvalue weighted by Crippen LogP contribution is -2.59. The number of rotatable bonds is 2. The van der Waals surface area contributed by atoms with Gasteiger partial charge in [-0.2, -0.15) is 0 Å². The standard InChI is InChI=1S/C22H28ClN3/c23-17-8-9-18-19(15-17)24-11-10-20(18)26-14-4-6-16-5-3-7-21(22(16)26)25-12-1-2-13-25/h8-11,15-16,21-22H,1-7,12-14H2. The molecule has 2 aromatic rings. The van der Waals surface area contributed by atoms with Crippen molar-refractivity contribution in [2.45, 2.75) is 57.0 Å². The third-order valence-corrected chi connectivity index (χ3v) is 7.12. The second-order valence-electron chi connectivity index (χ2n) is 8.32. The molecule has 0 N–H and O–H groups in total. The summed E-state index contributed by atoms with van der Waals surface area (Å²) in [6.07, 6.45) is 11.6. The smallest absolute Gasteiger partial charge is 0.0737 e. The van der Waals surface area contributed by atoms with Gasteiger partial charge in [0.15, 0.2) is 0 Å². The SMILES string of the molecule is Clc1ccc2c(N3CCCC4CCCC(N5CCCC5)C43)ccnc2c1. The monoisotopic (exact) mass is 369 g/mol. The first kappa shape index (κ1) is 16.8. The molecule has 3 atom stereocenters. The number of anilines is 1. The molecule has 1 saturated carbocycles. The van der Waals surface area contributed by atoms with Crippen LogP contribution in [-0.2, 0) is 0 Å². The number of benzene rings is 1. The molecule has 1 aromatic heterocycles. The highest BCUT2D eigenvalue weighted by atomic mass is 35.5. The maximum absolute atomic E-state index is 6.22.